The average Bonchev–Trinajstić information content (AvgIpc) is 3.49. The van der Waals surface area contributed by atoms with Crippen molar-refractivity contribution in [1.82, 2.24) is 10.3 Å². The number of aliphatic carboxylic acids is 1. The van der Waals surface area contributed by atoms with E-state index in [1.54, 1.807) is 0 Å². The first-order valence-corrected chi connectivity index (χ1v) is 11.9. The number of carboxylic acids is 1. The minimum absolute atomic E-state index is 0.0699. The van der Waals surface area contributed by atoms with Gasteiger partial charge in [-0.05, 0) is 41.5 Å². The topological polar surface area (TPSA) is 118 Å². The van der Waals surface area contributed by atoms with Crippen LogP contribution < -0.4 is 10.6 Å². The molecule has 9 heteroatoms. The van der Waals surface area contributed by atoms with Crippen molar-refractivity contribution in [2.45, 2.75) is 37.6 Å². The molecule has 1 aromatic heterocycles. The van der Waals surface area contributed by atoms with Crippen LogP contribution in [0.5, 0.6) is 0 Å². The highest BCUT2D eigenvalue weighted by atomic mass is 32.1. The van der Waals surface area contributed by atoms with Gasteiger partial charge in [-0.3, -0.25) is 9.59 Å². The zero-order valence-electron chi connectivity index (χ0n) is 18.2. The molecule has 0 fully saturated rings. The molecule has 0 radical (unpaired) electrons. The maximum Gasteiger partial charge on any atom is 0.407 e. The molecule has 0 bridgehead atoms. The molecular formula is C25H23N3O5S. The van der Waals surface area contributed by atoms with E-state index >= 15 is 0 Å². The zero-order chi connectivity index (χ0) is 23.7. The zero-order valence-corrected chi connectivity index (χ0v) is 19.1. The highest BCUT2D eigenvalue weighted by Crippen LogP contribution is 2.44. The molecule has 8 nitrogen and oxygen atoms in total. The summed E-state index contributed by atoms with van der Waals surface area (Å²) in [5.74, 6) is -1.98. The summed E-state index contributed by atoms with van der Waals surface area (Å²) < 4.78 is 5.47. The maximum atomic E-state index is 12.7. The molecule has 2 aromatic carbocycles. The standard InChI is InChI=1S/C25H23N3O5S/c29-22(30)12-20(23(31)28-24-26-19-10-5-11-21(19)34-24)27-25(32)33-13-18-16-8-3-1-6-14(16)15-7-2-4-9-17(15)18/h1-4,6-9,18,20H,5,10-13H2,(H,27,32)(H,29,30)(H,26,28,31). The van der Waals surface area contributed by atoms with Crippen LogP contribution in [0.25, 0.3) is 11.1 Å². The van der Waals surface area contributed by atoms with E-state index in [4.69, 9.17) is 4.74 Å². The highest BCUT2D eigenvalue weighted by Gasteiger charge is 2.30. The number of alkyl carbamates (subject to hydrolysis) is 1. The van der Waals surface area contributed by atoms with Gasteiger partial charge in [0.2, 0.25) is 5.91 Å². The Hall–Kier alpha value is -3.72. The molecule has 0 spiro atoms. The van der Waals surface area contributed by atoms with Crippen LogP contribution in [-0.4, -0.2) is 40.7 Å². The molecule has 2 aliphatic rings. The number of ether oxygens (including phenoxy) is 1. The first kappa shape index (κ1) is 22.1. The number of carboxylic acid groups (broad SMARTS) is 1. The van der Waals surface area contributed by atoms with Crippen molar-refractivity contribution >= 4 is 34.4 Å². The van der Waals surface area contributed by atoms with Gasteiger partial charge >= 0.3 is 12.1 Å². The lowest BCUT2D eigenvalue weighted by molar-refractivity contribution is -0.139. The van der Waals surface area contributed by atoms with E-state index in [1.807, 2.05) is 48.5 Å². The lowest BCUT2D eigenvalue weighted by Crippen LogP contribution is -2.45. The van der Waals surface area contributed by atoms with E-state index in [-0.39, 0.29) is 12.5 Å². The number of rotatable bonds is 7. The molecule has 5 rings (SSSR count). The molecule has 1 atom stereocenters. The van der Waals surface area contributed by atoms with Crippen molar-refractivity contribution in [2.75, 3.05) is 11.9 Å². The van der Waals surface area contributed by atoms with Crippen molar-refractivity contribution in [3.63, 3.8) is 0 Å². The first-order chi connectivity index (χ1) is 16.5. The summed E-state index contributed by atoms with van der Waals surface area (Å²) in [4.78, 5) is 42.1. The normalized spacial score (nSPS) is 14.6. The fourth-order valence-electron chi connectivity index (χ4n) is 4.60. The van der Waals surface area contributed by atoms with Crippen LogP contribution in [0.3, 0.4) is 0 Å². The number of hydrogen-bond acceptors (Lipinski definition) is 6. The van der Waals surface area contributed by atoms with Gasteiger partial charge in [-0.15, -0.1) is 11.3 Å². The Bertz CT molecular complexity index is 1200. The van der Waals surface area contributed by atoms with Crippen LogP contribution in [0.2, 0.25) is 0 Å². The van der Waals surface area contributed by atoms with Crippen LogP contribution in [0, 0.1) is 0 Å². The molecule has 174 valence electrons. The van der Waals surface area contributed by atoms with Crippen LogP contribution in [-0.2, 0) is 27.2 Å². The lowest BCUT2D eigenvalue weighted by Gasteiger charge is -2.18. The van der Waals surface area contributed by atoms with Crippen LogP contribution >= 0.6 is 11.3 Å². The summed E-state index contributed by atoms with van der Waals surface area (Å²) in [7, 11) is 0. The average molecular weight is 478 g/mol. The molecule has 2 amide bonds. The maximum absolute atomic E-state index is 12.7. The molecule has 1 heterocycles. The number of carbonyl (C=O) groups excluding carboxylic acids is 2. The van der Waals surface area contributed by atoms with Crippen molar-refractivity contribution in [2.24, 2.45) is 0 Å². The summed E-state index contributed by atoms with van der Waals surface area (Å²) in [6, 6.07) is 14.6. The van der Waals surface area contributed by atoms with Gasteiger partial charge in [0.15, 0.2) is 5.13 Å². The van der Waals surface area contributed by atoms with Crippen molar-refractivity contribution in [1.29, 1.82) is 0 Å². The third-order valence-corrected chi connectivity index (χ3v) is 7.23. The Labute approximate surface area is 200 Å². The molecule has 34 heavy (non-hydrogen) atoms. The van der Waals surface area contributed by atoms with E-state index in [0.29, 0.717) is 5.13 Å². The number of thiazole rings is 1. The molecular weight excluding hydrogens is 454 g/mol. The molecule has 1 unspecified atom stereocenters. The summed E-state index contributed by atoms with van der Waals surface area (Å²) in [6.45, 7) is 0.0699. The van der Waals surface area contributed by atoms with E-state index in [1.165, 1.54) is 11.3 Å². The molecule has 3 N–H and O–H groups in total. The van der Waals surface area contributed by atoms with Gasteiger partial charge in [-0.25, -0.2) is 9.78 Å². The Balaban J connectivity index is 1.24. The monoisotopic (exact) mass is 477 g/mol. The third-order valence-electron chi connectivity index (χ3n) is 6.16. The molecule has 2 aliphatic carbocycles. The molecule has 0 aliphatic heterocycles. The van der Waals surface area contributed by atoms with Gasteiger partial charge in [0.25, 0.3) is 0 Å². The van der Waals surface area contributed by atoms with E-state index in [9.17, 15) is 19.5 Å². The first-order valence-electron chi connectivity index (χ1n) is 11.1. The number of aromatic nitrogens is 1. The SMILES string of the molecule is O=C(O)CC(NC(=O)OCC1c2ccccc2-c2ccccc21)C(=O)Nc1nc2c(s1)CCC2. The Morgan fingerprint density at radius 2 is 1.74 bits per heavy atom. The number of nitrogens with one attached hydrogen (secondary N) is 2. The second-order valence-electron chi connectivity index (χ2n) is 8.35. The summed E-state index contributed by atoms with van der Waals surface area (Å²) in [5, 5.41) is 14.7. The Morgan fingerprint density at radius 1 is 1.06 bits per heavy atom. The predicted molar refractivity (Wildman–Crippen MR) is 127 cm³/mol. The molecule has 3 aromatic rings. The number of aryl methyl sites for hydroxylation is 2. The molecule has 0 saturated carbocycles. The quantitative estimate of drug-likeness (QED) is 0.474. The summed E-state index contributed by atoms with van der Waals surface area (Å²) in [6.07, 6.45) is 1.44. The van der Waals surface area contributed by atoms with Crippen molar-refractivity contribution < 1.29 is 24.2 Å². The van der Waals surface area contributed by atoms with Crippen molar-refractivity contribution in [3.05, 3.63) is 70.2 Å². The Kier molecular flexibility index (Phi) is 6.02. The van der Waals surface area contributed by atoms with Gasteiger partial charge in [-0.2, -0.15) is 0 Å². The van der Waals surface area contributed by atoms with Gasteiger partial charge in [0.1, 0.15) is 12.6 Å². The van der Waals surface area contributed by atoms with Gasteiger partial charge in [0, 0.05) is 10.8 Å². The molecule has 0 saturated heterocycles. The fourth-order valence-corrected chi connectivity index (χ4v) is 5.66. The number of hydrogen-bond donors (Lipinski definition) is 3. The summed E-state index contributed by atoms with van der Waals surface area (Å²) in [5.41, 5.74) is 5.30. The van der Waals surface area contributed by atoms with Gasteiger partial charge in [-0.1, -0.05) is 48.5 Å². The predicted octanol–water partition coefficient (Wildman–Crippen LogP) is 3.95. The number of nitrogens with zero attached hydrogens (tertiary/aromatic N) is 1. The van der Waals surface area contributed by atoms with Crippen LogP contribution in [0.15, 0.2) is 48.5 Å². The number of carbonyl (C=O) groups is 3. The second-order valence-corrected chi connectivity index (χ2v) is 9.44. The number of anilines is 1. The number of benzene rings is 2. The minimum atomic E-state index is -1.29. The van der Waals surface area contributed by atoms with Crippen molar-refractivity contribution in [3.8, 4) is 11.1 Å². The van der Waals surface area contributed by atoms with Gasteiger partial charge < -0.3 is 20.5 Å². The van der Waals surface area contributed by atoms with Crippen LogP contribution in [0.1, 0.15) is 40.5 Å². The van der Waals surface area contributed by atoms with E-state index < -0.39 is 30.4 Å². The van der Waals surface area contributed by atoms with Crippen LogP contribution in [0.4, 0.5) is 9.93 Å². The Morgan fingerprint density at radius 3 is 2.38 bits per heavy atom. The second kappa shape index (κ2) is 9.26. The summed E-state index contributed by atoms with van der Waals surface area (Å²) >= 11 is 1.39. The lowest BCUT2D eigenvalue weighted by atomic mass is 9.98. The third kappa shape index (κ3) is 4.38. The number of amides is 2. The minimum Gasteiger partial charge on any atom is -0.481 e. The highest BCUT2D eigenvalue weighted by molar-refractivity contribution is 7.15. The largest absolute Gasteiger partial charge is 0.481 e. The smallest absolute Gasteiger partial charge is 0.407 e. The van der Waals surface area contributed by atoms with E-state index in [0.717, 1.165) is 52.1 Å². The fraction of sp³-hybridized carbons (Fsp3) is 0.280. The van der Waals surface area contributed by atoms with E-state index in [2.05, 4.69) is 15.6 Å². The number of fused-ring (bicyclic) bond motifs is 4. The van der Waals surface area contributed by atoms with Gasteiger partial charge in [0.05, 0.1) is 12.1 Å².